The Kier molecular flexibility index (Phi) is 7.22. The minimum absolute atomic E-state index is 0.0390. The van der Waals surface area contributed by atoms with Gasteiger partial charge >= 0.3 is 0 Å². The van der Waals surface area contributed by atoms with E-state index >= 15 is 0 Å². The molecule has 4 aromatic rings. The highest BCUT2D eigenvalue weighted by molar-refractivity contribution is 6.46. The smallest absolute Gasteiger partial charge is 0.295 e. The lowest BCUT2D eigenvalue weighted by molar-refractivity contribution is -0.140. The first-order valence-corrected chi connectivity index (χ1v) is 12.3. The highest BCUT2D eigenvalue weighted by Gasteiger charge is 2.46. The fourth-order valence-electron chi connectivity index (χ4n) is 4.63. The van der Waals surface area contributed by atoms with Gasteiger partial charge in [-0.2, -0.15) is 0 Å². The van der Waals surface area contributed by atoms with E-state index in [1.807, 2.05) is 66.7 Å². The van der Waals surface area contributed by atoms with Gasteiger partial charge in [0.1, 0.15) is 12.4 Å². The molecule has 1 amide bonds. The van der Waals surface area contributed by atoms with Crippen molar-refractivity contribution in [3.05, 3.63) is 137 Å². The first-order valence-electron chi connectivity index (χ1n) is 12.3. The highest BCUT2D eigenvalue weighted by atomic mass is 16.5. The van der Waals surface area contributed by atoms with E-state index in [1.54, 1.807) is 49.6 Å². The molecule has 0 bridgehead atoms. The predicted molar refractivity (Wildman–Crippen MR) is 144 cm³/mol. The number of ether oxygens (including phenoxy) is 2. The number of carbonyl (C=O) groups is 2. The maximum atomic E-state index is 13.3. The molecular formula is C32H27NO5. The number of ketones is 1. The van der Waals surface area contributed by atoms with Crippen molar-refractivity contribution in [2.24, 2.45) is 0 Å². The molecule has 5 rings (SSSR count). The van der Waals surface area contributed by atoms with Crippen LogP contribution in [0.25, 0.3) is 5.76 Å². The Labute approximate surface area is 221 Å². The lowest BCUT2D eigenvalue weighted by Crippen LogP contribution is -2.29. The molecule has 1 atom stereocenters. The number of methoxy groups -OCH3 is 1. The van der Waals surface area contributed by atoms with E-state index in [0.29, 0.717) is 29.2 Å². The standard InChI is InChI=1S/C32H27NO5/c1-37-27-19-25(17-18-26(27)38-21-23-13-7-3-8-14-23)29-28(30(34)24-15-9-4-10-16-24)31(35)32(36)33(29)20-22-11-5-2-6-12-22/h2-19,29,34H,20-21H2,1H3/b30-28+. The van der Waals surface area contributed by atoms with E-state index in [9.17, 15) is 14.7 Å². The zero-order chi connectivity index (χ0) is 26.5. The van der Waals surface area contributed by atoms with Crippen LogP contribution in [0.15, 0.2) is 115 Å². The molecule has 0 aromatic heterocycles. The Morgan fingerprint density at radius 3 is 2.03 bits per heavy atom. The average molecular weight is 506 g/mol. The second kappa shape index (κ2) is 11.0. The van der Waals surface area contributed by atoms with E-state index in [2.05, 4.69) is 0 Å². The van der Waals surface area contributed by atoms with Crippen molar-refractivity contribution in [2.75, 3.05) is 7.11 Å². The average Bonchev–Trinajstić information content (AvgIpc) is 3.22. The van der Waals surface area contributed by atoms with Crippen molar-refractivity contribution in [2.45, 2.75) is 19.2 Å². The maximum Gasteiger partial charge on any atom is 0.295 e. The molecule has 6 nitrogen and oxygen atoms in total. The Morgan fingerprint density at radius 2 is 1.39 bits per heavy atom. The third-order valence-electron chi connectivity index (χ3n) is 6.52. The minimum atomic E-state index is -0.813. The van der Waals surface area contributed by atoms with Gasteiger partial charge in [-0.3, -0.25) is 9.59 Å². The van der Waals surface area contributed by atoms with Crippen LogP contribution in [0.2, 0.25) is 0 Å². The van der Waals surface area contributed by atoms with Crippen LogP contribution < -0.4 is 9.47 Å². The SMILES string of the molecule is COc1cc(C2/C(=C(\O)c3ccccc3)C(=O)C(=O)N2Cc2ccccc2)ccc1OCc1ccccc1. The minimum Gasteiger partial charge on any atom is -0.507 e. The summed E-state index contributed by atoms with van der Waals surface area (Å²) in [6.07, 6.45) is 0. The maximum absolute atomic E-state index is 13.3. The number of hydrogen-bond donors (Lipinski definition) is 1. The van der Waals surface area contributed by atoms with Crippen LogP contribution in [0.1, 0.15) is 28.3 Å². The first-order chi connectivity index (χ1) is 18.6. The number of benzene rings is 4. The zero-order valence-electron chi connectivity index (χ0n) is 20.9. The van der Waals surface area contributed by atoms with Crippen LogP contribution in [0.4, 0.5) is 0 Å². The summed E-state index contributed by atoms with van der Waals surface area (Å²) in [6, 6.07) is 32.5. The number of carbonyl (C=O) groups excluding carboxylic acids is 2. The fraction of sp³-hybridized carbons (Fsp3) is 0.125. The van der Waals surface area contributed by atoms with Gasteiger partial charge in [0.2, 0.25) is 0 Å². The third-order valence-corrected chi connectivity index (χ3v) is 6.52. The summed E-state index contributed by atoms with van der Waals surface area (Å²) in [5, 5.41) is 11.2. The molecule has 1 aliphatic heterocycles. The van der Waals surface area contributed by atoms with Crippen molar-refractivity contribution in [3.8, 4) is 11.5 Å². The van der Waals surface area contributed by atoms with E-state index in [4.69, 9.17) is 9.47 Å². The van der Waals surface area contributed by atoms with Gasteiger partial charge in [-0.05, 0) is 28.8 Å². The molecule has 0 saturated carbocycles. The predicted octanol–water partition coefficient (Wildman–Crippen LogP) is 5.90. The molecule has 38 heavy (non-hydrogen) atoms. The van der Waals surface area contributed by atoms with Gasteiger partial charge in [-0.25, -0.2) is 0 Å². The number of aliphatic hydroxyl groups excluding tert-OH is 1. The number of likely N-dealkylation sites (tertiary alicyclic amines) is 1. The summed E-state index contributed by atoms with van der Waals surface area (Å²) >= 11 is 0. The van der Waals surface area contributed by atoms with Crippen LogP contribution in [0, 0.1) is 0 Å². The number of nitrogens with zero attached hydrogens (tertiary/aromatic N) is 1. The topological polar surface area (TPSA) is 76.1 Å². The van der Waals surface area contributed by atoms with Crippen molar-refractivity contribution in [1.29, 1.82) is 0 Å². The molecule has 1 aliphatic rings. The number of Topliss-reactive ketones (excluding diaryl/α,β-unsaturated/α-hetero) is 1. The molecule has 1 saturated heterocycles. The summed E-state index contributed by atoms with van der Waals surface area (Å²) in [5.74, 6) is -0.616. The molecule has 0 radical (unpaired) electrons. The van der Waals surface area contributed by atoms with Gasteiger partial charge in [0.15, 0.2) is 11.5 Å². The van der Waals surface area contributed by atoms with Gasteiger partial charge in [-0.15, -0.1) is 0 Å². The van der Waals surface area contributed by atoms with E-state index in [-0.39, 0.29) is 17.9 Å². The number of amides is 1. The van der Waals surface area contributed by atoms with Crippen LogP contribution in [0.5, 0.6) is 11.5 Å². The van der Waals surface area contributed by atoms with Crippen molar-refractivity contribution in [3.63, 3.8) is 0 Å². The lowest BCUT2D eigenvalue weighted by atomic mass is 9.95. The van der Waals surface area contributed by atoms with Crippen molar-refractivity contribution in [1.82, 2.24) is 4.90 Å². The van der Waals surface area contributed by atoms with Crippen LogP contribution in [-0.4, -0.2) is 28.8 Å². The Balaban J connectivity index is 1.56. The molecule has 1 heterocycles. The monoisotopic (exact) mass is 505 g/mol. The Hall–Kier alpha value is -4.84. The molecule has 6 heteroatoms. The summed E-state index contributed by atoms with van der Waals surface area (Å²) in [5.41, 5.74) is 3.01. The van der Waals surface area contributed by atoms with E-state index < -0.39 is 17.7 Å². The molecular weight excluding hydrogens is 478 g/mol. The van der Waals surface area contributed by atoms with Gasteiger partial charge in [0.05, 0.1) is 18.7 Å². The Morgan fingerprint density at radius 1 is 0.789 bits per heavy atom. The molecule has 0 aliphatic carbocycles. The van der Waals surface area contributed by atoms with E-state index in [1.165, 1.54) is 4.90 Å². The Bertz CT molecular complexity index is 1470. The molecule has 4 aromatic carbocycles. The largest absolute Gasteiger partial charge is 0.507 e. The lowest BCUT2D eigenvalue weighted by Gasteiger charge is -2.26. The molecule has 1 fully saturated rings. The van der Waals surface area contributed by atoms with Crippen LogP contribution in [0.3, 0.4) is 0 Å². The summed E-state index contributed by atoms with van der Waals surface area (Å²) in [6.45, 7) is 0.563. The number of hydrogen-bond acceptors (Lipinski definition) is 5. The molecule has 1 N–H and O–H groups in total. The van der Waals surface area contributed by atoms with Crippen molar-refractivity contribution < 1.29 is 24.2 Å². The number of rotatable bonds is 8. The molecule has 0 spiro atoms. The summed E-state index contributed by atoms with van der Waals surface area (Å²) in [4.78, 5) is 28.1. The third kappa shape index (κ3) is 5.02. The van der Waals surface area contributed by atoms with Gasteiger partial charge < -0.3 is 19.5 Å². The van der Waals surface area contributed by atoms with Crippen LogP contribution >= 0.6 is 0 Å². The van der Waals surface area contributed by atoms with E-state index in [0.717, 1.165) is 11.1 Å². The molecule has 1 unspecified atom stereocenters. The fourth-order valence-corrected chi connectivity index (χ4v) is 4.63. The second-order valence-electron chi connectivity index (χ2n) is 8.96. The second-order valence-corrected chi connectivity index (χ2v) is 8.96. The normalized spacial score (nSPS) is 16.4. The van der Waals surface area contributed by atoms with Gasteiger partial charge in [-0.1, -0.05) is 97.1 Å². The summed E-state index contributed by atoms with van der Waals surface area (Å²) in [7, 11) is 1.54. The van der Waals surface area contributed by atoms with Gasteiger partial charge in [0.25, 0.3) is 11.7 Å². The molecule has 190 valence electrons. The number of aliphatic hydroxyl groups is 1. The van der Waals surface area contributed by atoms with Crippen molar-refractivity contribution >= 4 is 17.4 Å². The zero-order valence-corrected chi connectivity index (χ0v) is 20.9. The first kappa shape index (κ1) is 24.8. The van der Waals surface area contributed by atoms with Gasteiger partial charge in [0, 0.05) is 12.1 Å². The summed E-state index contributed by atoms with van der Waals surface area (Å²) < 4.78 is 11.6. The highest BCUT2D eigenvalue weighted by Crippen LogP contribution is 2.42. The van der Waals surface area contributed by atoms with Crippen LogP contribution in [-0.2, 0) is 22.7 Å². The quantitative estimate of drug-likeness (QED) is 0.183.